The van der Waals surface area contributed by atoms with Crippen LogP contribution < -0.4 is 15.5 Å². The summed E-state index contributed by atoms with van der Waals surface area (Å²) in [4.78, 5) is 8.94. The van der Waals surface area contributed by atoms with E-state index in [1.807, 2.05) is 12.1 Å². The Morgan fingerprint density at radius 1 is 0.931 bits per heavy atom. The molecule has 0 unspecified atom stereocenters. The molecule has 0 aliphatic carbocycles. The Kier molecular flexibility index (Phi) is 5.48. The summed E-state index contributed by atoms with van der Waals surface area (Å²) >= 11 is 0. The number of nitrogens with zero attached hydrogens (tertiary/aromatic N) is 5. The van der Waals surface area contributed by atoms with Crippen molar-refractivity contribution in [3.05, 3.63) is 60.3 Å². The van der Waals surface area contributed by atoms with Crippen LogP contribution in [0.5, 0.6) is 0 Å². The first-order valence-corrected chi connectivity index (χ1v) is 9.29. The molecular formula is C20H21F2N7. The highest BCUT2D eigenvalue weighted by Gasteiger charge is 2.14. The van der Waals surface area contributed by atoms with Gasteiger partial charge < -0.3 is 20.4 Å². The van der Waals surface area contributed by atoms with Crippen LogP contribution in [0.25, 0.3) is 0 Å². The highest BCUT2D eigenvalue weighted by molar-refractivity contribution is 5.61. The van der Waals surface area contributed by atoms with Crippen molar-refractivity contribution >= 4 is 28.8 Å². The molecule has 1 aliphatic rings. The van der Waals surface area contributed by atoms with E-state index in [0.717, 1.165) is 37.9 Å². The van der Waals surface area contributed by atoms with Gasteiger partial charge in [-0.2, -0.15) is 10.1 Å². The van der Waals surface area contributed by atoms with Crippen LogP contribution in [0.4, 0.5) is 37.6 Å². The van der Waals surface area contributed by atoms with Gasteiger partial charge in [-0.05, 0) is 43.4 Å². The summed E-state index contributed by atoms with van der Waals surface area (Å²) in [7, 11) is 2.13. The van der Waals surface area contributed by atoms with Crippen molar-refractivity contribution in [1.82, 2.24) is 20.1 Å². The first-order valence-electron chi connectivity index (χ1n) is 9.29. The fourth-order valence-electron chi connectivity index (χ4n) is 3.09. The molecule has 0 bridgehead atoms. The summed E-state index contributed by atoms with van der Waals surface area (Å²) in [5, 5.41) is 13.7. The summed E-state index contributed by atoms with van der Waals surface area (Å²) in [6.07, 6.45) is 1.37. The third kappa shape index (κ3) is 4.75. The summed E-state index contributed by atoms with van der Waals surface area (Å²) in [5.74, 6) is -0.791. The van der Waals surface area contributed by atoms with Gasteiger partial charge >= 0.3 is 0 Å². The minimum Gasteiger partial charge on any atom is -0.369 e. The number of anilines is 5. The molecule has 4 rings (SSSR count). The Morgan fingerprint density at radius 3 is 2.41 bits per heavy atom. The molecule has 0 atom stereocenters. The van der Waals surface area contributed by atoms with Gasteiger partial charge in [-0.3, -0.25) is 0 Å². The van der Waals surface area contributed by atoms with Crippen LogP contribution >= 0.6 is 0 Å². The molecule has 0 saturated carbocycles. The van der Waals surface area contributed by atoms with Gasteiger partial charge in [-0.15, -0.1) is 5.10 Å². The number of aromatic nitrogens is 3. The molecule has 150 valence electrons. The number of rotatable bonds is 5. The lowest BCUT2D eigenvalue weighted by molar-refractivity contribution is 0.313. The fourth-order valence-corrected chi connectivity index (χ4v) is 3.09. The third-order valence-corrected chi connectivity index (χ3v) is 4.74. The third-order valence-electron chi connectivity index (χ3n) is 4.74. The summed E-state index contributed by atoms with van der Waals surface area (Å²) in [6.45, 7) is 4.11. The number of benzene rings is 2. The van der Waals surface area contributed by atoms with E-state index in [0.29, 0.717) is 5.82 Å². The van der Waals surface area contributed by atoms with Crippen LogP contribution in [0.1, 0.15) is 0 Å². The Bertz CT molecular complexity index is 973. The maximum absolute atomic E-state index is 13.8. The second-order valence-corrected chi connectivity index (χ2v) is 6.88. The SMILES string of the molecule is CN1CCN(c2ccc(Nc3nncc(Nc4ccc(F)cc4F)n3)cc2)CC1. The highest BCUT2D eigenvalue weighted by Crippen LogP contribution is 2.22. The van der Waals surface area contributed by atoms with Crippen molar-refractivity contribution in [2.45, 2.75) is 0 Å². The smallest absolute Gasteiger partial charge is 0.249 e. The second kappa shape index (κ2) is 8.36. The molecule has 0 amide bonds. The first-order chi connectivity index (χ1) is 14.1. The van der Waals surface area contributed by atoms with Crippen LogP contribution in [0.2, 0.25) is 0 Å². The average molecular weight is 397 g/mol. The molecule has 29 heavy (non-hydrogen) atoms. The van der Waals surface area contributed by atoms with Gasteiger partial charge in [0.25, 0.3) is 0 Å². The molecule has 1 fully saturated rings. The van der Waals surface area contributed by atoms with Crippen LogP contribution in [0.3, 0.4) is 0 Å². The van der Waals surface area contributed by atoms with Crippen molar-refractivity contribution in [3.63, 3.8) is 0 Å². The molecule has 9 heteroatoms. The van der Waals surface area contributed by atoms with Crippen molar-refractivity contribution in [3.8, 4) is 0 Å². The lowest BCUT2D eigenvalue weighted by Gasteiger charge is -2.34. The maximum Gasteiger partial charge on any atom is 0.249 e. The quantitative estimate of drug-likeness (QED) is 0.684. The number of hydrogen-bond donors (Lipinski definition) is 2. The first kappa shape index (κ1) is 19.0. The Morgan fingerprint density at radius 2 is 1.69 bits per heavy atom. The van der Waals surface area contributed by atoms with Gasteiger partial charge in [0.15, 0.2) is 5.82 Å². The van der Waals surface area contributed by atoms with Crippen LogP contribution in [-0.4, -0.2) is 53.3 Å². The van der Waals surface area contributed by atoms with Crippen molar-refractivity contribution < 1.29 is 8.78 Å². The van der Waals surface area contributed by atoms with E-state index in [1.54, 1.807) is 0 Å². The van der Waals surface area contributed by atoms with Crippen molar-refractivity contribution in [1.29, 1.82) is 0 Å². The van der Waals surface area contributed by atoms with Crippen LogP contribution in [-0.2, 0) is 0 Å². The summed E-state index contributed by atoms with van der Waals surface area (Å²) in [5.41, 5.74) is 2.09. The van der Waals surface area contributed by atoms with E-state index >= 15 is 0 Å². The minimum absolute atomic E-state index is 0.106. The van der Waals surface area contributed by atoms with Gasteiger partial charge in [-0.1, -0.05) is 0 Å². The minimum atomic E-state index is -0.711. The number of halogens is 2. The average Bonchev–Trinajstić information content (AvgIpc) is 2.72. The van der Waals surface area contributed by atoms with Crippen molar-refractivity contribution in [2.75, 3.05) is 48.8 Å². The van der Waals surface area contributed by atoms with Gasteiger partial charge in [0.2, 0.25) is 5.95 Å². The Balaban J connectivity index is 1.42. The molecule has 1 saturated heterocycles. The molecule has 2 aromatic carbocycles. The molecule has 3 aromatic rings. The molecule has 1 aliphatic heterocycles. The van der Waals surface area contributed by atoms with Gasteiger partial charge in [0.1, 0.15) is 11.6 Å². The lowest BCUT2D eigenvalue weighted by Crippen LogP contribution is -2.44. The van der Waals surface area contributed by atoms with E-state index in [4.69, 9.17) is 0 Å². The summed E-state index contributed by atoms with van der Waals surface area (Å²) < 4.78 is 26.8. The van der Waals surface area contributed by atoms with Crippen molar-refractivity contribution in [2.24, 2.45) is 0 Å². The maximum atomic E-state index is 13.8. The Labute approximate surface area is 167 Å². The van der Waals surface area contributed by atoms with Crippen LogP contribution in [0, 0.1) is 11.6 Å². The molecule has 1 aromatic heterocycles. The monoisotopic (exact) mass is 397 g/mol. The number of nitrogens with one attached hydrogen (secondary N) is 2. The normalized spacial score (nSPS) is 14.7. The zero-order valence-electron chi connectivity index (χ0n) is 15.9. The molecule has 2 heterocycles. The largest absolute Gasteiger partial charge is 0.369 e. The van der Waals surface area contributed by atoms with E-state index in [9.17, 15) is 8.78 Å². The zero-order valence-corrected chi connectivity index (χ0v) is 15.9. The number of hydrogen-bond acceptors (Lipinski definition) is 7. The zero-order chi connectivity index (χ0) is 20.2. The fraction of sp³-hybridized carbons (Fsp3) is 0.250. The predicted molar refractivity (Wildman–Crippen MR) is 109 cm³/mol. The van der Waals surface area contributed by atoms with E-state index in [1.165, 1.54) is 24.0 Å². The second-order valence-electron chi connectivity index (χ2n) is 6.88. The lowest BCUT2D eigenvalue weighted by atomic mass is 10.2. The van der Waals surface area contributed by atoms with Gasteiger partial charge in [0.05, 0.1) is 11.9 Å². The van der Waals surface area contributed by atoms with Gasteiger partial charge in [-0.25, -0.2) is 8.78 Å². The topological polar surface area (TPSA) is 69.2 Å². The highest BCUT2D eigenvalue weighted by atomic mass is 19.1. The number of likely N-dealkylation sites (N-methyl/N-ethyl adjacent to an activating group) is 1. The van der Waals surface area contributed by atoms with Gasteiger partial charge in [0, 0.05) is 43.6 Å². The van der Waals surface area contributed by atoms with E-state index in [-0.39, 0.29) is 11.6 Å². The predicted octanol–water partition coefficient (Wildman–Crippen LogP) is 3.39. The van der Waals surface area contributed by atoms with E-state index in [2.05, 4.69) is 54.8 Å². The summed E-state index contributed by atoms with van der Waals surface area (Å²) in [6, 6.07) is 11.3. The standard InChI is InChI=1S/C20H21F2N7/c1-28-8-10-29(11-9-28)16-5-3-15(4-6-16)24-20-26-19(13-23-27-20)25-18-7-2-14(21)12-17(18)22/h2-7,12-13H,8-11H2,1H3,(H2,24,25,26,27). The molecular weight excluding hydrogens is 376 g/mol. The van der Waals surface area contributed by atoms with Crippen LogP contribution in [0.15, 0.2) is 48.7 Å². The van der Waals surface area contributed by atoms with E-state index < -0.39 is 11.6 Å². The molecule has 0 spiro atoms. The molecule has 0 radical (unpaired) electrons. The molecule has 7 nitrogen and oxygen atoms in total. The Hall–Kier alpha value is -3.33. The molecule has 2 N–H and O–H groups in total. The number of piperazine rings is 1.